The van der Waals surface area contributed by atoms with E-state index in [-0.39, 0.29) is 48.2 Å². The van der Waals surface area contributed by atoms with Crippen molar-refractivity contribution in [3.63, 3.8) is 0 Å². The maximum absolute atomic E-state index is 9.55. The fourth-order valence-corrected chi connectivity index (χ4v) is 1.82. The summed E-state index contributed by atoms with van der Waals surface area (Å²) in [6, 6.07) is 7.65. The third kappa shape index (κ3) is 31.5. The second-order valence-corrected chi connectivity index (χ2v) is 5.94. The molecule has 0 spiro atoms. The van der Waals surface area contributed by atoms with Crippen LogP contribution in [0.25, 0.3) is 0 Å². The fourth-order valence-electron chi connectivity index (χ4n) is 1.82. The average Bonchev–Trinajstić information content (AvgIpc) is 2.51. The SMILES string of the molecule is CCCCCCCCc1ccccc1O.O.O=S(=O)(O)O.OCCO.[NaH]. The molecule has 1 rings (SSSR count). The van der Waals surface area contributed by atoms with Crippen LogP contribution in [-0.4, -0.2) is 81.1 Å². The number of benzene rings is 1. The number of phenolic OH excluding ortho intramolecular Hbond substituents is 1. The summed E-state index contributed by atoms with van der Waals surface area (Å²) < 4.78 is 31.6. The van der Waals surface area contributed by atoms with Crippen LogP contribution >= 0.6 is 0 Å². The molecule has 8 nitrogen and oxygen atoms in total. The Morgan fingerprint density at radius 3 is 1.73 bits per heavy atom. The molecule has 0 aliphatic rings. The normalized spacial score (nSPS) is 9.42. The molecule has 7 N–H and O–H groups in total. The molecule has 0 saturated heterocycles. The van der Waals surface area contributed by atoms with Gasteiger partial charge in [-0.3, -0.25) is 9.11 Å². The van der Waals surface area contributed by atoms with Crippen molar-refractivity contribution in [3.8, 4) is 5.75 Å². The summed E-state index contributed by atoms with van der Waals surface area (Å²) in [5.41, 5.74) is 1.09. The van der Waals surface area contributed by atoms with Gasteiger partial charge in [-0.25, -0.2) is 0 Å². The van der Waals surface area contributed by atoms with Crippen LogP contribution < -0.4 is 0 Å². The van der Waals surface area contributed by atoms with Gasteiger partial charge in [0.05, 0.1) is 13.2 Å². The summed E-state index contributed by atoms with van der Waals surface area (Å²) in [5.74, 6) is 0.450. The van der Waals surface area contributed by atoms with Gasteiger partial charge in [-0.05, 0) is 24.5 Å². The van der Waals surface area contributed by atoms with Crippen molar-refractivity contribution in [2.75, 3.05) is 13.2 Å². The van der Waals surface area contributed by atoms with E-state index in [2.05, 4.69) is 6.92 Å². The first-order chi connectivity index (χ1) is 11.3. The molecule has 0 heterocycles. The number of aromatic hydroxyl groups is 1. The van der Waals surface area contributed by atoms with Crippen molar-refractivity contribution in [3.05, 3.63) is 29.8 Å². The molecule has 1 aromatic carbocycles. The van der Waals surface area contributed by atoms with Gasteiger partial charge in [0.25, 0.3) is 0 Å². The van der Waals surface area contributed by atoms with Crippen LogP contribution in [-0.2, 0) is 16.8 Å². The molecule has 0 unspecified atom stereocenters. The van der Waals surface area contributed by atoms with Crippen molar-refractivity contribution >= 4 is 40.0 Å². The molecule has 0 amide bonds. The van der Waals surface area contributed by atoms with Gasteiger partial charge in [0.2, 0.25) is 0 Å². The van der Waals surface area contributed by atoms with Crippen molar-refractivity contribution in [1.82, 2.24) is 0 Å². The number of para-hydroxylation sites is 1. The molecule has 10 heteroatoms. The van der Waals surface area contributed by atoms with Gasteiger partial charge in [0.15, 0.2) is 0 Å². The third-order valence-corrected chi connectivity index (χ3v) is 2.89. The van der Waals surface area contributed by atoms with Gasteiger partial charge in [0, 0.05) is 0 Å². The van der Waals surface area contributed by atoms with Crippen molar-refractivity contribution in [1.29, 1.82) is 0 Å². The second-order valence-electron chi connectivity index (χ2n) is 5.04. The van der Waals surface area contributed by atoms with Crippen LogP contribution in [0.4, 0.5) is 0 Å². The van der Waals surface area contributed by atoms with E-state index in [4.69, 9.17) is 27.7 Å². The number of phenols is 1. The van der Waals surface area contributed by atoms with Gasteiger partial charge in [-0.1, -0.05) is 57.2 Å². The molecule has 0 saturated carbocycles. The Morgan fingerprint density at radius 1 is 0.885 bits per heavy atom. The molecule has 0 aromatic heterocycles. The molecule has 152 valence electrons. The number of hydrogen-bond donors (Lipinski definition) is 5. The van der Waals surface area contributed by atoms with Gasteiger partial charge in [-0.15, -0.1) is 0 Å². The molecule has 0 aliphatic carbocycles. The minimum atomic E-state index is -4.67. The predicted molar refractivity (Wildman–Crippen MR) is 104 cm³/mol. The molecular formula is C16H33NaO8S. The zero-order valence-electron chi connectivity index (χ0n) is 14.6. The number of aryl methyl sites for hydroxylation is 1. The first-order valence-corrected chi connectivity index (χ1v) is 9.34. The first kappa shape index (κ1) is 33.4. The summed E-state index contributed by atoms with van der Waals surface area (Å²) in [5, 5.41) is 24.8. The Balaban J connectivity index is -0.000000186. The van der Waals surface area contributed by atoms with Crippen LogP contribution in [0.2, 0.25) is 0 Å². The van der Waals surface area contributed by atoms with Crippen LogP contribution in [0.1, 0.15) is 51.0 Å². The van der Waals surface area contributed by atoms with Crippen molar-refractivity contribution < 1.29 is 38.3 Å². The van der Waals surface area contributed by atoms with E-state index in [1.807, 2.05) is 18.2 Å². The van der Waals surface area contributed by atoms with Crippen molar-refractivity contribution in [2.24, 2.45) is 0 Å². The quantitative estimate of drug-likeness (QED) is 0.244. The van der Waals surface area contributed by atoms with Gasteiger partial charge < -0.3 is 20.8 Å². The van der Waals surface area contributed by atoms with Crippen LogP contribution in [0.3, 0.4) is 0 Å². The fraction of sp³-hybridized carbons (Fsp3) is 0.625. The second kappa shape index (κ2) is 22.8. The van der Waals surface area contributed by atoms with E-state index in [1.54, 1.807) is 6.07 Å². The summed E-state index contributed by atoms with van der Waals surface area (Å²) in [6.07, 6.45) is 8.85. The summed E-state index contributed by atoms with van der Waals surface area (Å²) in [4.78, 5) is 0. The molecule has 0 atom stereocenters. The number of unbranched alkanes of at least 4 members (excludes halogenated alkanes) is 5. The molecular weight excluding hydrogens is 375 g/mol. The van der Waals surface area contributed by atoms with E-state index in [0.29, 0.717) is 5.75 Å². The summed E-state index contributed by atoms with van der Waals surface area (Å²) in [7, 11) is -4.67. The van der Waals surface area contributed by atoms with Crippen LogP contribution in [0.15, 0.2) is 24.3 Å². The van der Waals surface area contributed by atoms with Crippen molar-refractivity contribution in [2.45, 2.75) is 51.9 Å². The first-order valence-electron chi connectivity index (χ1n) is 7.94. The Hall–Kier alpha value is -0.230. The predicted octanol–water partition coefficient (Wildman–Crippen LogP) is 1.14. The Labute approximate surface area is 178 Å². The Morgan fingerprint density at radius 2 is 1.31 bits per heavy atom. The van der Waals surface area contributed by atoms with E-state index in [9.17, 15) is 5.11 Å². The summed E-state index contributed by atoms with van der Waals surface area (Å²) >= 11 is 0. The van der Waals surface area contributed by atoms with E-state index < -0.39 is 10.4 Å². The molecule has 0 bridgehead atoms. The summed E-state index contributed by atoms with van der Waals surface area (Å²) in [6.45, 7) is 1.99. The molecule has 0 fully saturated rings. The zero-order valence-corrected chi connectivity index (χ0v) is 15.5. The molecule has 26 heavy (non-hydrogen) atoms. The number of hydrogen-bond acceptors (Lipinski definition) is 5. The number of rotatable bonds is 8. The van der Waals surface area contributed by atoms with Crippen LogP contribution in [0, 0.1) is 0 Å². The molecule has 0 aliphatic heterocycles. The molecule has 1 aromatic rings. The van der Waals surface area contributed by atoms with E-state index in [1.165, 1.54) is 38.5 Å². The monoisotopic (exact) mass is 408 g/mol. The maximum atomic E-state index is 9.55. The standard InChI is InChI=1S/C14H22O.C2H6O2.Na.H2O4S.H2O.H/c1-2-3-4-5-6-7-10-13-11-8-9-12-14(13)15;3-1-2-4;;1-5(2,3)4;;/h8-9,11-12,15H,2-7,10H2,1H3;3-4H,1-2H2;;(H2,1,2,3,4);1H2;. The van der Waals surface area contributed by atoms with Gasteiger partial charge in [-0.2, -0.15) is 8.42 Å². The third-order valence-electron chi connectivity index (χ3n) is 2.89. The van der Waals surface area contributed by atoms with Gasteiger partial charge in [0.1, 0.15) is 5.75 Å². The van der Waals surface area contributed by atoms with E-state index in [0.717, 1.165) is 12.0 Å². The van der Waals surface area contributed by atoms with Gasteiger partial charge >= 0.3 is 40.0 Å². The zero-order chi connectivity index (χ0) is 18.8. The van der Waals surface area contributed by atoms with E-state index >= 15 is 0 Å². The topological polar surface area (TPSA) is 167 Å². The number of aliphatic hydroxyl groups excluding tert-OH is 2. The Kier molecular flexibility index (Phi) is 29.3. The number of aliphatic hydroxyl groups is 2. The average molecular weight is 408 g/mol. The van der Waals surface area contributed by atoms with Crippen LogP contribution in [0.5, 0.6) is 5.75 Å². The molecule has 0 radical (unpaired) electrons. The Bertz CT molecular complexity index is 487. The minimum absolute atomic E-state index is 0.